The van der Waals surface area contributed by atoms with Gasteiger partial charge in [-0.1, -0.05) is 11.6 Å². The van der Waals surface area contributed by atoms with Crippen LogP contribution in [0.3, 0.4) is 0 Å². The summed E-state index contributed by atoms with van der Waals surface area (Å²) in [5.74, 6) is 0. The van der Waals surface area contributed by atoms with Crippen molar-refractivity contribution in [2.75, 3.05) is 13.6 Å². The fourth-order valence-electron chi connectivity index (χ4n) is 1.02. The largest absolute Gasteiger partial charge is 0.366 e. The number of rotatable bonds is 3. The fraction of sp³-hybridized carbons (Fsp3) is 0.364. The van der Waals surface area contributed by atoms with Crippen molar-refractivity contribution in [2.45, 2.75) is 13.8 Å². The lowest BCUT2D eigenvalue weighted by molar-refractivity contribution is 0.552. The van der Waals surface area contributed by atoms with E-state index in [-0.39, 0.29) is 5.15 Å². The fourth-order valence-corrected chi connectivity index (χ4v) is 1.24. The molecule has 0 spiro atoms. The van der Waals surface area contributed by atoms with Crippen molar-refractivity contribution >= 4 is 23.6 Å². The zero-order chi connectivity index (χ0) is 12.1. The van der Waals surface area contributed by atoms with Crippen molar-refractivity contribution < 1.29 is 0 Å². The van der Waals surface area contributed by atoms with Gasteiger partial charge in [0.1, 0.15) is 11.2 Å². The third kappa shape index (κ3) is 2.94. The Bertz CT molecular complexity index is 448. The van der Waals surface area contributed by atoms with E-state index in [1.165, 1.54) is 0 Å². The van der Waals surface area contributed by atoms with Gasteiger partial charge in [-0.05, 0) is 19.9 Å². The van der Waals surface area contributed by atoms with Gasteiger partial charge in [0.2, 0.25) is 0 Å². The lowest BCUT2D eigenvalue weighted by Crippen LogP contribution is -2.14. The van der Waals surface area contributed by atoms with Gasteiger partial charge >= 0.3 is 0 Å². The van der Waals surface area contributed by atoms with Crippen LogP contribution in [-0.2, 0) is 0 Å². The highest BCUT2D eigenvalue weighted by molar-refractivity contribution is 6.30. The van der Waals surface area contributed by atoms with Gasteiger partial charge < -0.3 is 4.90 Å². The molecule has 0 aliphatic carbocycles. The van der Waals surface area contributed by atoms with E-state index in [4.69, 9.17) is 16.9 Å². The predicted octanol–water partition coefficient (Wildman–Crippen LogP) is 2.53. The molecule has 0 atom stereocenters. The Balaban J connectivity index is 3.06. The summed E-state index contributed by atoms with van der Waals surface area (Å²) >= 11 is 5.80. The molecule has 1 rings (SSSR count). The first-order valence-corrected chi connectivity index (χ1v) is 5.28. The number of hydrogen-bond acceptors (Lipinski definition) is 3. The molecule has 0 saturated carbocycles. The predicted molar refractivity (Wildman–Crippen MR) is 65.2 cm³/mol. The highest BCUT2D eigenvalue weighted by Gasteiger charge is 2.05. The average Bonchev–Trinajstić information content (AvgIpc) is 2.27. The molecule has 0 radical (unpaired) electrons. The molecule has 0 N–H and O–H groups in total. The first kappa shape index (κ1) is 12.5. The van der Waals surface area contributed by atoms with Gasteiger partial charge in [0.25, 0.3) is 0 Å². The number of hydrogen-bond donors (Lipinski definition) is 0. The molecule has 0 aromatic carbocycles. The van der Waals surface area contributed by atoms with E-state index in [9.17, 15) is 0 Å². The van der Waals surface area contributed by atoms with E-state index >= 15 is 0 Å². The number of halogens is 1. The number of aliphatic imine (C=N–C) groups is 1. The van der Waals surface area contributed by atoms with Gasteiger partial charge in [0, 0.05) is 13.6 Å². The minimum absolute atomic E-state index is 0.225. The summed E-state index contributed by atoms with van der Waals surface area (Å²) in [5.41, 5.74) is 1.73. The first-order chi connectivity index (χ1) is 7.58. The van der Waals surface area contributed by atoms with Crippen LogP contribution in [0.4, 0.5) is 5.69 Å². The molecular formula is C11H13ClN4. The van der Waals surface area contributed by atoms with Crippen LogP contribution in [0.2, 0.25) is 5.15 Å². The maximum Gasteiger partial charge on any atom is 0.147 e. The molecule has 0 unspecified atom stereocenters. The zero-order valence-corrected chi connectivity index (χ0v) is 10.3. The van der Waals surface area contributed by atoms with E-state index in [0.717, 1.165) is 6.54 Å². The lowest BCUT2D eigenvalue weighted by Gasteiger charge is -2.08. The highest BCUT2D eigenvalue weighted by Crippen LogP contribution is 2.22. The van der Waals surface area contributed by atoms with Crippen LogP contribution in [0.1, 0.15) is 18.2 Å². The molecule has 1 aromatic rings. The molecule has 1 heterocycles. The summed E-state index contributed by atoms with van der Waals surface area (Å²) in [6, 6.07) is 3.63. The minimum Gasteiger partial charge on any atom is -0.366 e. The molecule has 0 saturated heterocycles. The van der Waals surface area contributed by atoms with Crippen LogP contribution in [0.25, 0.3) is 0 Å². The van der Waals surface area contributed by atoms with Crippen molar-refractivity contribution in [2.24, 2.45) is 4.99 Å². The molecule has 1 aromatic heterocycles. The van der Waals surface area contributed by atoms with Crippen molar-refractivity contribution in [3.8, 4) is 6.07 Å². The Morgan fingerprint density at radius 2 is 2.38 bits per heavy atom. The van der Waals surface area contributed by atoms with Gasteiger partial charge in [-0.15, -0.1) is 0 Å². The molecule has 4 nitrogen and oxygen atoms in total. The Morgan fingerprint density at radius 3 is 2.94 bits per heavy atom. The second-order valence-corrected chi connectivity index (χ2v) is 3.72. The van der Waals surface area contributed by atoms with E-state index in [1.54, 1.807) is 12.4 Å². The maximum absolute atomic E-state index is 8.82. The first-order valence-electron chi connectivity index (χ1n) is 4.90. The van der Waals surface area contributed by atoms with Crippen LogP contribution in [0.15, 0.2) is 11.1 Å². The van der Waals surface area contributed by atoms with Gasteiger partial charge in [-0.3, -0.25) is 0 Å². The van der Waals surface area contributed by atoms with Crippen molar-refractivity contribution in [1.29, 1.82) is 5.26 Å². The standard InChI is InChI=1S/C11H13ClN4/c1-4-16(3)7-14-10-5-9(6-13)11(12)15-8(10)2/h5,7H,4H2,1-3H3. The number of nitriles is 1. The van der Waals surface area contributed by atoms with Gasteiger partial charge in [0.05, 0.1) is 23.3 Å². The van der Waals surface area contributed by atoms with E-state index in [0.29, 0.717) is 16.9 Å². The van der Waals surface area contributed by atoms with Crippen LogP contribution in [0, 0.1) is 18.3 Å². The third-order valence-corrected chi connectivity index (χ3v) is 2.44. The lowest BCUT2D eigenvalue weighted by atomic mass is 10.2. The Morgan fingerprint density at radius 1 is 1.69 bits per heavy atom. The number of nitrogens with zero attached hydrogens (tertiary/aromatic N) is 4. The second kappa shape index (κ2) is 5.47. The summed E-state index contributed by atoms with van der Waals surface area (Å²) in [6.45, 7) is 4.71. The van der Waals surface area contributed by atoms with Crippen LogP contribution in [0.5, 0.6) is 0 Å². The SMILES string of the molecule is CCN(C)C=Nc1cc(C#N)c(Cl)nc1C. The molecule has 0 aliphatic rings. The molecule has 84 valence electrons. The second-order valence-electron chi connectivity index (χ2n) is 3.36. The van der Waals surface area contributed by atoms with Crippen molar-refractivity contribution in [1.82, 2.24) is 9.88 Å². The Kier molecular flexibility index (Phi) is 4.27. The quantitative estimate of drug-likeness (QED) is 0.460. The summed E-state index contributed by atoms with van der Waals surface area (Å²) in [7, 11) is 1.92. The smallest absolute Gasteiger partial charge is 0.147 e. The van der Waals surface area contributed by atoms with E-state index < -0.39 is 0 Å². The van der Waals surface area contributed by atoms with E-state index in [2.05, 4.69) is 9.98 Å². The molecular weight excluding hydrogens is 224 g/mol. The molecule has 0 bridgehead atoms. The molecule has 0 aliphatic heterocycles. The van der Waals surface area contributed by atoms with Crippen LogP contribution >= 0.6 is 11.6 Å². The Hall–Kier alpha value is -1.60. The van der Waals surface area contributed by atoms with Gasteiger partial charge in [-0.25, -0.2) is 9.98 Å². The normalized spacial score (nSPS) is 10.4. The monoisotopic (exact) mass is 236 g/mol. The molecule has 0 amide bonds. The van der Waals surface area contributed by atoms with Crippen LogP contribution < -0.4 is 0 Å². The Labute approximate surface area is 100 Å². The van der Waals surface area contributed by atoms with Gasteiger partial charge in [0.15, 0.2) is 0 Å². The average molecular weight is 237 g/mol. The minimum atomic E-state index is 0.225. The van der Waals surface area contributed by atoms with Gasteiger partial charge in [-0.2, -0.15) is 5.26 Å². The molecule has 0 fully saturated rings. The summed E-state index contributed by atoms with van der Waals surface area (Å²) < 4.78 is 0. The zero-order valence-electron chi connectivity index (χ0n) is 9.53. The van der Waals surface area contributed by atoms with E-state index in [1.807, 2.05) is 31.9 Å². The number of aromatic nitrogens is 1. The maximum atomic E-state index is 8.82. The topological polar surface area (TPSA) is 52.3 Å². The number of aryl methyl sites for hydroxylation is 1. The summed E-state index contributed by atoms with van der Waals surface area (Å²) in [4.78, 5) is 10.2. The summed E-state index contributed by atoms with van der Waals surface area (Å²) in [6.07, 6.45) is 1.71. The summed E-state index contributed by atoms with van der Waals surface area (Å²) in [5, 5.41) is 9.05. The highest BCUT2D eigenvalue weighted by atomic mass is 35.5. The van der Waals surface area contributed by atoms with Crippen molar-refractivity contribution in [3.63, 3.8) is 0 Å². The van der Waals surface area contributed by atoms with Crippen molar-refractivity contribution in [3.05, 3.63) is 22.5 Å². The van der Waals surface area contributed by atoms with Crippen LogP contribution in [-0.4, -0.2) is 29.8 Å². The third-order valence-electron chi connectivity index (χ3n) is 2.15. The molecule has 5 heteroatoms. The molecule has 16 heavy (non-hydrogen) atoms. The number of pyridine rings is 1.